The fraction of sp³-hybridized carbons (Fsp3) is 0. The van der Waals surface area contributed by atoms with Gasteiger partial charge in [0.2, 0.25) is 0 Å². The highest BCUT2D eigenvalue weighted by atomic mass is 35.5. The summed E-state index contributed by atoms with van der Waals surface area (Å²) in [6.45, 7) is 0. The van der Waals surface area contributed by atoms with E-state index >= 15 is 0 Å². The predicted octanol–water partition coefficient (Wildman–Crippen LogP) is 4.49. The van der Waals surface area contributed by atoms with Crippen molar-refractivity contribution in [2.24, 2.45) is 0 Å². The molecule has 0 saturated carbocycles. The number of rotatable bonds is 4. The van der Waals surface area contributed by atoms with Crippen molar-refractivity contribution < 1.29 is 9.72 Å². The Hall–Kier alpha value is -3.20. The molecule has 0 aliphatic heterocycles. The third-order valence-corrected chi connectivity index (χ3v) is 5.32. The number of hydrogen-bond acceptors (Lipinski definition) is 4. The molecule has 3 aromatic carbocycles. The number of anilines is 1. The number of hydrogen-bond donors (Lipinski definition) is 2. The van der Waals surface area contributed by atoms with Crippen molar-refractivity contribution in [3.05, 3.63) is 80.3 Å². The first-order chi connectivity index (χ1) is 14.3. The predicted molar refractivity (Wildman–Crippen MR) is 118 cm³/mol. The molecule has 7 nitrogen and oxygen atoms in total. The second kappa shape index (κ2) is 7.90. The number of imidazole rings is 1. The molecule has 0 spiro atoms. The van der Waals surface area contributed by atoms with Crippen LogP contribution in [0.2, 0.25) is 10.0 Å². The molecule has 0 saturated heterocycles. The van der Waals surface area contributed by atoms with E-state index in [1.165, 1.54) is 12.1 Å². The van der Waals surface area contributed by atoms with Crippen molar-refractivity contribution in [3.8, 4) is 11.4 Å². The fourth-order valence-electron chi connectivity index (χ4n) is 2.92. The van der Waals surface area contributed by atoms with Crippen LogP contribution in [0.3, 0.4) is 0 Å². The number of aromatic nitrogens is 2. The maximum Gasteiger partial charge on any atom is 0.270 e. The van der Waals surface area contributed by atoms with Gasteiger partial charge in [-0.05, 0) is 36.4 Å². The van der Waals surface area contributed by atoms with Crippen LogP contribution in [0.4, 0.5) is 11.4 Å². The summed E-state index contributed by atoms with van der Waals surface area (Å²) in [4.78, 5) is 30.6. The molecule has 1 heterocycles. The number of carbonyl (C=O) groups is 1. The largest absolute Gasteiger partial charge is 0.338 e. The average molecular weight is 454 g/mol. The van der Waals surface area contributed by atoms with Gasteiger partial charge in [-0.2, -0.15) is 0 Å². The Labute approximate surface area is 183 Å². The van der Waals surface area contributed by atoms with E-state index in [1.807, 2.05) is 18.2 Å². The van der Waals surface area contributed by atoms with Gasteiger partial charge in [-0.15, -0.1) is 0 Å². The van der Waals surface area contributed by atoms with Crippen molar-refractivity contribution in [1.82, 2.24) is 9.97 Å². The smallest absolute Gasteiger partial charge is 0.270 e. The second-order valence-electron chi connectivity index (χ2n) is 6.39. The third kappa shape index (κ3) is 3.93. The van der Waals surface area contributed by atoms with Crippen molar-refractivity contribution in [1.29, 1.82) is 0 Å². The topological polar surface area (TPSA) is 101 Å². The highest BCUT2D eigenvalue weighted by Crippen LogP contribution is 2.31. The summed E-state index contributed by atoms with van der Waals surface area (Å²) in [5.74, 6) is 0.0493. The number of H-pyrrole nitrogens is 1. The SMILES string of the molecule is O=C(Nc1ccc(Cl)c(-c2nc3ccc([Si])cc3[nH]2)c1)c1ccc([N+](=O)[O-])cc1Cl. The summed E-state index contributed by atoms with van der Waals surface area (Å²) in [6, 6.07) is 14.3. The van der Waals surface area contributed by atoms with Gasteiger partial charge < -0.3 is 10.3 Å². The molecular weight excluding hydrogens is 443 g/mol. The van der Waals surface area contributed by atoms with E-state index < -0.39 is 10.8 Å². The number of carbonyl (C=O) groups excluding carboxylic acids is 1. The molecule has 0 bridgehead atoms. The number of nitro groups is 1. The number of aromatic amines is 1. The van der Waals surface area contributed by atoms with Gasteiger partial charge in [0.15, 0.2) is 0 Å². The van der Waals surface area contributed by atoms with E-state index in [2.05, 4.69) is 25.5 Å². The van der Waals surface area contributed by atoms with Crippen molar-refractivity contribution in [3.63, 3.8) is 0 Å². The first-order valence-corrected chi connectivity index (χ1v) is 9.84. The molecule has 0 unspecified atom stereocenters. The molecule has 0 fully saturated rings. The summed E-state index contributed by atoms with van der Waals surface area (Å²) in [5.41, 5.74) is 2.61. The maximum atomic E-state index is 12.6. The minimum absolute atomic E-state index is 0.0152. The first kappa shape index (κ1) is 20.1. The lowest BCUT2D eigenvalue weighted by Gasteiger charge is -2.09. The lowest BCUT2D eigenvalue weighted by atomic mass is 10.1. The molecule has 4 aromatic rings. The monoisotopic (exact) mass is 453 g/mol. The van der Waals surface area contributed by atoms with Crippen molar-refractivity contribution >= 4 is 66.9 Å². The number of nitrogens with zero attached hydrogens (tertiary/aromatic N) is 2. The zero-order valence-electron chi connectivity index (χ0n) is 15.1. The minimum atomic E-state index is -0.579. The molecule has 3 radical (unpaired) electrons. The van der Waals surface area contributed by atoms with Crippen molar-refractivity contribution in [2.45, 2.75) is 0 Å². The molecule has 4 rings (SSSR count). The fourth-order valence-corrected chi connectivity index (χ4v) is 3.62. The van der Waals surface area contributed by atoms with Crippen LogP contribution in [0.5, 0.6) is 0 Å². The summed E-state index contributed by atoms with van der Waals surface area (Å²) in [5, 5.41) is 14.9. The average Bonchev–Trinajstić information content (AvgIpc) is 3.12. The number of fused-ring (bicyclic) bond motifs is 1. The van der Waals surface area contributed by atoms with Crippen LogP contribution in [0.15, 0.2) is 54.6 Å². The number of benzene rings is 3. The van der Waals surface area contributed by atoms with Gasteiger partial charge in [0.25, 0.3) is 11.6 Å². The zero-order chi connectivity index (χ0) is 21.4. The standard InChI is InChI=1S/C20H11Cl2N4O3Si/c21-15-5-1-10(23-20(27)13-4-2-11(26(28)29)8-16(13)22)7-14(15)19-24-17-6-3-12(30)9-18(17)25-19/h1-9H,(H,23,27)(H,24,25). The summed E-state index contributed by atoms with van der Waals surface area (Å²) in [7, 11) is 3.47. The Balaban J connectivity index is 1.64. The van der Waals surface area contributed by atoms with Gasteiger partial charge in [-0.3, -0.25) is 14.9 Å². The van der Waals surface area contributed by atoms with Crippen LogP contribution < -0.4 is 10.5 Å². The number of non-ortho nitro benzene ring substituents is 1. The maximum absolute atomic E-state index is 12.6. The molecule has 10 heteroatoms. The molecule has 0 aliphatic rings. The molecule has 147 valence electrons. The van der Waals surface area contributed by atoms with Gasteiger partial charge in [0.1, 0.15) is 5.82 Å². The summed E-state index contributed by atoms with van der Waals surface area (Å²) in [6.07, 6.45) is 0. The minimum Gasteiger partial charge on any atom is -0.338 e. The van der Waals surface area contributed by atoms with E-state index in [4.69, 9.17) is 23.2 Å². The normalized spacial score (nSPS) is 10.9. The first-order valence-electron chi connectivity index (χ1n) is 8.58. The molecule has 1 amide bonds. The Kier molecular flexibility index (Phi) is 5.29. The quantitative estimate of drug-likeness (QED) is 0.270. The van der Waals surface area contributed by atoms with Crippen LogP contribution in [0.1, 0.15) is 10.4 Å². The number of nitro benzene ring substituents is 1. The van der Waals surface area contributed by atoms with Crippen LogP contribution in [0, 0.1) is 10.1 Å². The second-order valence-corrected chi connectivity index (χ2v) is 7.78. The van der Waals surface area contributed by atoms with Gasteiger partial charge >= 0.3 is 0 Å². The van der Waals surface area contributed by atoms with Gasteiger partial charge in [0, 0.05) is 23.4 Å². The highest BCUT2D eigenvalue weighted by Gasteiger charge is 2.16. The molecule has 2 N–H and O–H groups in total. The molecule has 30 heavy (non-hydrogen) atoms. The lowest BCUT2D eigenvalue weighted by Crippen LogP contribution is -2.12. The summed E-state index contributed by atoms with van der Waals surface area (Å²) < 4.78 is 0. The van der Waals surface area contributed by atoms with E-state index in [9.17, 15) is 14.9 Å². The van der Waals surface area contributed by atoms with Gasteiger partial charge in [-0.25, -0.2) is 4.98 Å². The van der Waals surface area contributed by atoms with E-state index in [0.717, 1.165) is 22.3 Å². The van der Waals surface area contributed by atoms with Crippen molar-refractivity contribution in [2.75, 3.05) is 5.32 Å². The Morgan fingerprint density at radius 2 is 1.87 bits per heavy atom. The molecule has 0 atom stereocenters. The highest BCUT2D eigenvalue weighted by molar-refractivity contribution is 6.35. The summed E-state index contributed by atoms with van der Waals surface area (Å²) >= 11 is 12.4. The Morgan fingerprint density at radius 3 is 2.60 bits per heavy atom. The third-order valence-electron chi connectivity index (χ3n) is 4.37. The zero-order valence-corrected chi connectivity index (χ0v) is 17.6. The Morgan fingerprint density at radius 1 is 1.07 bits per heavy atom. The van der Waals surface area contributed by atoms with Gasteiger partial charge in [0.05, 0.1) is 41.8 Å². The van der Waals surface area contributed by atoms with Crippen LogP contribution in [-0.4, -0.2) is 31.0 Å². The van der Waals surface area contributed by atoms with Crippen LogP contribution in [-0.2, 0) is 0 Å². The van der Waals surface area contributed by atoms with E-state index in [-0.39, 0.29) is 16.3 Å². The number of amides is 1. The molecule has 0 aliphatic carbocycles. The number of nitrogens with one attached hydrogen (secondary N) is 2. The Bertz CT molecular complexity index is 1320. The number of halogens is 2. The van der Waals surface area contributed by atoms with Crippen LogP contribution >= 0.6 is 23.2 Å². The van der Waals surface area contributed by atoms with Gasteiger partial charge in [-0.1, -0.05) is 34.5 Å². The lowest BCUT2D eigenvalue weighted by molar-refractivity contribution is -0.384. The van der Waals surface area contributed by atoms with E-state index in [1.54, 1.807) is 18.2 Å². The molecular formula is C20H11Cl2N4O3Si. The van der Waals surface area contributed by atoms with E-state index in [0.29, 0.717) is 22.1 Å². The molecule has 1 aromatic heterocycles. The van der Waals surface area contributed by atoms with Crippen LogP contribution in [0.25, 0.3) is 22.4 Å².